The van der Waals surface area contributed by atoms with Crippen molar-refractivity contribution in [2.45, 2.75) is 194 Å². The fraction of sp³-hybridized carbons (Fsp3) is 0.696. The van der Waals surface area contributed by atoms with Crippen LogP contribution in [0.2, 0.25) is 0 Å². The van der Waals surface area contributed by atoms with Gasteiger partial charge in [0.2, 0.25) is 0 Å². The van der Waals surface area contributed by atoms with Gasteiger partial charge in [0, 0.05) is 29.6 Å². The third-order valence-corrected chi connectivity index (χ3v) is 12.1. The van der Waals surface area contributed by atoms with Crippen molar-refractivity contribution in [2.75, 3.05) is 13.2 Å². The Kier molecular flexibility index (Phi) is 34.0. The van der Waals surface area contributed by atoms with Crippen LogP contribution >= 0.6 is 15.6 Å². The van der Waals surface area contributed by atoms with Crippen molar-refractivity contribution >= 4 is 57.4 Å². The zero-order valence-corrected chi connectivity index (χ0v) is 40.0. The average molecular weight is 844 g/mol. The molecular weight excluding hydrogens is 765 g/mol. The molecule has 0 fully saturated rings. The molecule has 2 aromatic rings. The number of benzene rings is 2. The van der Waals surface area contributed by atoms with Gasteiger partial charge in [-0.25, -0.2) is 9.13 Å². The molecule has 2 unspecified atom stereocenters. The second kappa shape index (κ2) is 35.8. The van der Waals surface area contributed by atoms with Crippen molar-refractivity contribution < 1.29 is 37.0 Å². The van der Waals surface area contributed by atoms with Gasteiger partial charge in [-0.2, -0.15) is 0 Å². The molecule has 8 nitrogen and oxygen atoms in total. The van der Waals surface area contributed by atoms with Gasteiger partial charge >= 0.3 is 15.6 Å². The molecule has 0 heterocycles. The van der Waals surface area contributed by atoms with Gasteiger partial charge in [-0.1, -0.05) is 217 Å². The maximum Gasteiger partial charge on any atom is 0.527 e. The van der Waals surface area contributed by atoms with Gasteiger partial charge in [0.1, 0.15) is 11.5 Å². The molecule has 0 amide bonds. The molecule has 0 aliphatic heterocycles. The summed E-state index contributed by atoms with van der Waals surface area (Å²) in [6, 6.07) is 13.7. The van der Waals surface area contributed by atoms with Crippen LogP contribution in [0.3, 0.4) is 0 Å². The van der Waals surface area contributed by atoms with Gasteiger partial charge in [-0.05, 0) is 48.2 Å². The summed E-state index contributed by atoms with van der Waals surface area (Å²) in [6.45, 7) is 4.90. The van der Waals surface area contributed by atoms with Crippen LogP contribution in [0.5, 0.6) is 11.5 Å². The minimum Gasteiger partial charge on any atom is -0.404 e. The van der Waals surface area contributed by atoms with Crippen LogP contribution in [0.25, 0.3) is 12.2 Å². The quantitative estimate of drug-likeness (QED) is 0.0297. The summed E-state index contributed by atoms with van der Waals surface area (Å²) in [5, 5.41) is 0. The second-order valence-electron chi connectivity index (χ2n) is 15.4. The van der Waals surface area contributed by atoms with Crippen molar-refractivity contribution in [2.24, 2.45) is 0 Å². The minimum absolute atomic E-state index is 0. The standard InChI is InChI=1S/C46H78O8P2.Na/c1-3-5-7-9-11-13-15-17-19-21-23-25-27-29-41-51-55(47,48)53-45-37-33-43(34-38-45)31-32-44-35-39-46(40-36-44)54-56(49,50)52-42-30-28-26-24-22-20-18-16-14-12-10-8-6-4-2;/h31-40H,3-30,41-42H2,1-2H3,(H,47,48)(H,49,50);/b32-31-;. The smallest absolute Gasteiger partial charge is 0.404 e. The minimum atomic E-state index is -4.20. The van der Waals surface area contributed by atoms with Crippen LogP contribution < -0.4 is 9.05 Å². The van der Waals surface area contributed by atoms with Crippen molar-refractivity contribution in [3.05, 3.63) is 59.7 Å². The molecule has 0 aromatic heterocycles. The number of phosphoric ester groups is 2. The molecule has 2 atom stereocenters. The van der Waals surface area contributed by atoms with Gasteiger partial charge < -0.3 is 9.05 Å². The third-order valence-electron chi connectivity index (χ3n) is 10.2. The molecule has 0 saturated heterocycles. The summed E-state index contributed by atoms with van der Waals surface area (Å²) in [6.07, 6.45) is 38.7. The fourth-order valence-corrected chi connectivity index (χ4v) is 8.35. The number of rotatable bonds is 38. The summed E-state index contributed by atoms with van der Waals surface area (Å²) in [7, 11) is -8.39. The maximum atomic E-state index is 12.4. The van der Waals surface area contributed by atoms with E-state index in [1.54, 1.807) is 48.5 Å². The fourth-order valence-electron chi connectivity index (χ4n) is 6.74. The van der Waals surface area contributed by atoms with Gasteiger partial charge in [0.15, 0.2) is 0 Å². The van der Waals surface area contributed by atoms with E-state index < -0.39 is 15.6 Å². The predicted octanol–water partition coefficient (Wildman–Crippen LogP) is 15.4. The number of hydrogen-bond acceptors (Lipinski definition) is 6. The van der Waals surface area contributed by atoms with E-state index in [-0.39, 0.29) is 54.3 Å². The van der Waals surface area contributed by atoms with Crippen molar-refractivity contribution in [1.82, 2.24) is 0 Å². The Bertz CT molecular complexity index is 1240. The Balaban J connectivity index is 0.0000162. The number of hydrogen-bond donors (Lipinski definition) is 2. The van der Waals surface area contributed by atoms with E-state index in [2.05, 4.69) is 13.8 Å². The van der Waals surface area contributed by atoms with Gasteiger partial charge in [-0.15, -0.1) is 0 Å². The normalized spacial score (nSPS) is 13.6. The van der Waals surface area contributed by atoms with Crippen molar-refractivity contribution in [3.63, 3.8) is 0 Å². The van der Waals surface area contributed by atoms with Crippen LogP contribution in [-0.2, 0) is 18.2 Å². The molecule has 2 rings (SSSR count). The van der Waals surface area contributed by atoms with E-state index in [1.165, 1.54) is 141 Å². The molecule has 0 bridgehead atoms. The Morgan fingerprint density at radius 2 is 0.632 bits per heavy atom. The molecule has 57 heavy (non-hydrogen) atoms. The van der Waals surface area contributed by atoms with E-state index in [0.717, 1.165) is 49.7 Å². The maximum absolute atomic E-state index is 12.4. The van der Waals surface area contributed by atoms with Crippen LogP contribution in [0, 0.1) is 0 Å². The Morgan fingerprint density at radius 3 is 0.877 bits per heavy atom. The molecule has 0 aliphatic rings. The average Bonchev–Trinajstić information content (AvgIpc) is 3.18. The van der Waals surface area contributed by atoms with E-state index in [4.69, 9.17) is 18.1 Å². The van der Waals surface area contributed by atoms with Gasteiger partial charge in [0.05, 0.1) is 13.2 Å². The molecule has 2 N–H and O–H groups in total. The predicted molar refractivity (Wildman–Crippen MR) is 241 cm³/mol. The molecular formula is C46H78NaO8P2. The Hall–Kier alpha value is -0.920. The first kappa shape index (κ1) is 54.1. The molecule has 11 heteroatoms. The SMILES string of the molecule is CCCCCCCCCCCCCCCCOP(=O)(O)Oc1ccc(/C=C\c2ccc(OP(=O)(O)OCCCCCCCCCCCCCCCC)cc2)cc1.[Na]. The van der Waals surface area contributed by atoms with Gasteiger partial charge in [-0.3, -0.25) is 18.8 Å². The van der Waals surface area contributed by atoms with Crippen LogP contribution in [0.1, 0.15) is 205 Å². The first-order valence-electron chi connectivity index (χ1n) is 22.4. The second-order valence-corrected chi connectivity index (χ2v) is 18.2. The van der Waals surface area contributed by atoms with Crippen LogP contribution in [0.4, 0.5) is 0 Å². The van der Waals surface area contributed by atoms with Crippen molar-refractivity contribution in [1.29, 1.82) is 0 Å². The Labute approximate surface area is 370 Å². The van der Waals surface area contributed by atoms with E-state index in [9.17, 15) is 18.9 Å². The topological polar surface area (TPSA) is 112 Å². The molecule has 2 aromatic carbocycles. The van der Waals surface area contributed by atoms with Crippen LogP contribution in [0.15, 0.2) is 48.5 Å². The molecule has 321 valence electrons. The van der Waals surface area contributed by atoms with Gasteiger partial charge in [0.25, 0.3) is 0 Å². The zero-order valence-electron chi connectivity index (χ0n) is 36.2. The molecule has 0 aliphatic carbocycles. The first-order valence-corrected chi connectivity index (χ1v) is 25.4. The third kappa shape index (κ3) is 31.6. The van der Waals surface area contributed by atoms with E-state index in [1.807, 2.05) is 12.2 Å². The summed E-state index contributed by atoms with van der Waals surface area (Å²) >= 11 is 0. The monoisotopic (exact) mass is 844 g/mol. The zero-order chi connectivity index (χ0) is 40.4. The summed E-state index contributed by atoms with van der Waals surface area (Å²) < 4.78 is 45.8. The number of unbranched alkanes of at least 4 members (excludes halogenated alkanes) is 26. The first-order chi connectivity index (χ1) is 27.2. The summed E-state index contributed by atoms with van der Waals surface area (Å²) in [5.41, 5.74) is 1.73. The van der Waals surface area contributed by atoms with E-state index in [0.29, 0.717) is 0 Å². The molecule has 0 spiro atoms. The number of phosphoric acid groups is 2. The summed E-state index contributed by atoms with van der Waals surface area (Å²) in [4.78, 5) is 20.3. The summed E-state index contributed by atoms with van der Waals surface area (Å²) in [5.74, 6) is 0.519. The van der Waals surface area contributed by atoms with Crippen molar-refractivity contribution in [3.8, 4) is 11.5 Å². The molecule has 0 saturated carbocycles. The Morgan fingerprint density at radius 1 is 0.404 bits per heavy atom. The van der Waals surface area contributed by atoms with E-state index >= 15 is 0 Å². The molecule has 1 radical (unpaired) electrons. The largest absolute Gasteiger partial charge is 0.527 e. The van der Waals surface area contributed by atoms with Crippen LogP contribution in [-0.4, -0.2) is 52.6 Å².